The van der Waals surface area contributed by atoms with Gasteiger partial charge in [0.25, 0.3) is 5.91 Å². The van der Waals surface area contributed by atoms with Crippen LogP contribution in [0, 0.1) is 6.92 Å². The van der Waals surface area contributed by atoms with E-state index in [0.717, 1.165) is 0 Å². The quantitative estimate of drug-likeness (QED) is 0.691. The fraction of sp³-hybridized carbons (Fsp3) is 0.316. The molecule has 1 aromatic heterocycles. The zero-order valence-electron chi connectivity index (χ0n) is 15.4. The summed E-state index contributed by atoms with van der Waals surface area (Å²) in [6.45, 7) is 5.37. The van der Waals surface area contributed by atoms with Crippen molar-refractivity contribution < 1.29 is 19.1 Å². The number of hydrogen-bond donors (Lipinski definition) is 3. The number of ether oxygens (including phenoxy) is 1. The van der Waals surface area contributed by atoms with Crippen LogP contribution in [0.4, 0.5) is 11.4 Å². The van der Waals surface area contributed by atoms with Crippen molar-refractivity contribution >= 4 is 29.2 Å². The molecule has 0 bridgehead atoms. The molecule has 0 fully saturated rings. The molecule has 2 aromatic rings. The van der Waals surface area contributed by atoms with E-state index in [2.05, 4.69) is 15.6 Å². The first kappa shape index (κ1) is 19.2. The van der Waals surface area contributed by atoms with E-state index in [9.17, 15) is 14.4 Å². The van der Waals surface area contributed by atoms with Gasteiger partial charge >= 0.3 is 5.97 Å². The Kier molecular flexibility index (Phi) is 6.16. The van der Waals surface area contributed by atoms with E-state index >= 15 is 0 Å². The Morgan fingerprint density at radius 3 is 2.12 bits per heavy atom. The third-order valence-corrected chi connectivity index (χ3v) is 4.05. The molecule has 7 heteroatoms. The van der Waals surface area contributed by atoms with Gasteiger partial charge in [0.15, 0.2) is 0 Å². The lowest BCUT2D eigenvalue weighted by Gasteiger charge is -2.07. The minimum Gasteiger partial charge on any atom is -0.465 e. The van der Waals surface area contributed by atoms with Gasteiger partial charge in [0.2, 0.25) is 5.91 Å². The molecule has 1 aromatic carbocycles. The van der Waals surface area contributed by atoms with Crippen molar-refractivity contribution in [1.82, 2.24) is 4.98 Å². The van der Waals surface area contributed by atoms with Crippen molar-refractivity contribution in [2.24, 2.45) is 0 Å². The number of aromatic amines is 1. The molecule has 0 saturated carbocycles. The number of carbonyl (C=O) groups is 3. The SMILES string of the molecule is CCC(=O)Nc1ccc(NC(=O)c2[nH]c(CC)c(C(=O)OC)c2C)cc1. The second kappa shape index (κ2) is 8.33. The van der Waals surface area contributed by atoms with Crippen LogP contribution in [0.5, 0.6) is 0 Å². The average Bonchev–Trinajstić information content (AvgIpc) is 2.99. The van der Waals surface area contributed by atoms with Crippen LogP contribution in [0.3, 0.4) is 0 Å². The first-order valence-corrected chi connectivity index (χ1v) is 8.42. The van der Waals surface area contributed by atoms with E-state index in [-0.39, 0.29) is 11.8 Å². The van der Waals surface area contributed by atoms with Crippen molar-refractivity contribution in [2.45, 2.75) is 33.6 Å². The number of aryl methyl sites for hydroxylation is 1. The number of methoxy groups -OCH3 is 1. The van der Waals surface area contributed by atoms with E-state index < -0.39 is 5.97 Å². The summed E-state index contributed by atoms with van der Waals surface area (Å²) in [5.41, 5.74) is 3.18. The molecule has 0 aliphatic heterocycles. The number of rotatable bonds is 6. The molecule has 0 aliphatic carbocycles. The van der Waals surface area contributed by atoms with Gasteiger partial charge in [-0.2, -0.15) is 0 Å². The zero-order chi connectivity index (χ0) is 19.3. The van der Waals surface area contributed by atoms with Gasteiger partial charge in [0.1, 0.15) is 5.69 Å². The number of esters is 1. The summed E-state index contributed by atoms with van der Waals surface area (Å²) in [5.74, 6) is -0.894. The maximum atomic E-state index is 12.6. The molecule has 0 radical (unpaired) electrons. The van der Waals surface area contributed by atoms with Gasteiger partial charge in [-0.05, 0) is 43.2 Å². The normalized spacial score (nSPS) is 10.3. The molecule has 3 N–H and O–H groups in total. The van der Waals surface area contributed by atoms with Crippen LogP contribution in [0.25, 0.3) is 0 Å². The van der Waals surface area contributed by atoms with Crippen LogP contribution in [-0.2, 0) is 16.0 Å². The van der Waals surface area contributed by atoms with Gasteiger partial charge in [-0.1, -0.05) is 13.8 Å². The standard InChI is InChI=1S/C19H23N3O4/c1-5-14-16(19(25)26-4)11(3)17(22-14)18(24)21-13-9-7-12(8-10-13)20-15(23)6-2/h7-10,22H,5-6H2,1-4H3,(H,20,23)(H,21,24). The van der Waals surface area contributed by atoms with Gasteiger partial charge in [-0.3, -0.25) is 9.59 Å². The Bertz CT molecular complexity index is 822. The summed E-state index contributed by atoms with van der Waals surface area (Å²) in [6.07, 6.45) is 0.969. The Labute approximate surface area is 152 Å². The third-order valence-electron chi connectivity index (χ3n) is 4.05. The maximum Gasteiger partial charge on any atom is 0.339 e. The number of anilines is 2. The van der Waals surface area contributed by atoms with Crippen LogP contribution < -0.4 is 10.6 Å². The first-order valence-electron chi connectivity index (χ1n) is 8.42. The summed E-state index contributed by atoms with van der Waals surface area (Å²) >= 11 is 0. The minimum atomic E-state index is -0.467. The Morgan fingerprint density at radius 1 is 1.04 bits per heavy atom. The monoisotopic (exact) mass is 357 g/mol. The third kappa shape index (κ3) is 4.11. The molecule has 0 spiro atoms. The van der Waals surface area contributed by atoms with Gasteiger partial charge in [-0.25, -0.2) is 4.79 Å². The Morgan fingerprint density at radius 2 is 1.62 bits per heavy atom. The largest absolute Gasteiger partial charge is 0.465 e. The average molecular weight is 357 g/mol. The summed E-state index contributed by atoms with van der Waals surface area (Å²) < 4.78 is 4.80. The number of amides is 2. The first-order chi connectivity index (χ1) is 12.4. The lowest BCUT2D eigenvalue weighted by Crippen LogP contribution is -2.14. The smallest absolute Gasteiger partial charge is 0.339 e. The number of hydrogen-bond acceptors (Lipinski definition) is 4. The highest BCUT2D eigenvalue weighted by molar-refractivity contribution is 6.07. The molecule has 1 heterocycles. The second-order valence-corrected chi connectivity index (χ2v) is 5.76. The van der Waals surface area contributed by atoms with E-state index in [4.69, 9.17) is 4.74 Å². The van der Waals surface area contributed by atoms with E-state index in [0.29, 0.717) is 46.7 Å². The van der Waals surface area contributed by atoms with Crippen molar-refractivity contribution in [2.75, 3.05) is 17.7 Å². The molecule has 2 amide bonds. The number of nitrogens with one attached hydrogen (secondary N) is 3. The fourth-order valence-corrected chi connectivity index (χ4v) is 2.61. The molecule has 0 aliphatic rings. The maximum absolute atomic E-state index is 12.6. The lowest BCUT2D eigenvalue weighted by molar-refractivity contribution is -0.115. The van der Waals surface area contributed by atoms with Crippen LogP contribution in [0.2, 0.25) is 0 Å². The molecule has 0 saturated heterocycles. The number of benzene rings is 1. The predicted octanol–water partition coefficient (Wildman–Crippen LogP) is 3.27. The molecule has 0 unspecified atom stereocenters. The van der Waals surface area contributed by atoms with Crippen molar-refractivity contribution in [1.29, 1.82) is 0 Å². The van der Waals surface area contributed by atoms with Crippen LogP contribution in [0.1, 0.15) is 52.4 Å². The summed E-state index contributed by atoms with van der Waals surface area (Å²) in [7, 11) is 1.31. The summed E-state index contributed by atoms with van der Waals surface area (Å²) in [4.78, 5) is 38.9. The molecule has 7 nitrogen and oxygen atoms in total. The van der Waals surface area contributed by atoms with E-state index in [1.165, 1.54) is 7.11 Å². The van der Waals surface area contributed by atoms with Crippen LogP contribution in [0.15, 0.2) is 24.3 Å². The molecule has 2 rings (SSSR count). The van der Waals surface area contributed by atoms with Crippen molar-refractivity contribution in [3.05, 3.63) is 46.8 Å². The molecular weight excluding hydrogens is 334 g/mol. The molecular formula is C19H23N3O4. The molecule has 0 atom stereocenters. The zero-order valence-corrected chi connectivity index (χ0v) is 15.4. The van der Waals surface area contributed by atoms with Crippen molar-refractivity contribution in [3.8, 4) is 0 Å². The van der Waals surface area contributed by atoms with Gasteiger partial charge in [-0.15, -0.1) is 0 Å². The lowest BCUT2D eigenvalue weighted by atomic mass is 10.1. The summed E-state index contributed by atoms with van der Waals surface area (Å²) in [6, 6.07) is 6.82. The highest BCUT2D eigenvalue weighted by Gasteiger charge is 2.23. The molecule has 26 heavy (non-hydrogen) atoms. The summed E-state index contributed by atoms with van der Waals surface area (Å²) in [5, 5.41) is 5.52. The number of H-pyrrole nitrogens is 1. The van der Waals surface area contributed by atoms with Gasteiger partial charge in [0.05, 0.1) is 12.7 Å². The number of aromatic nitrogens is 1. The van der Waals surface area contributed by atoms with Crippen molar-refractivity contribution in [3.63, 3.8) is 0 Å². The molecule has 138 valence electrons. The predicted molar refractivity (Wildman–Crippen MR) is 99.6 cm³/mol. The highest BCUT2D eigenvalue weighted by atomic mass is 16.5. The van der Waals surface area contributed by atoms with E-state index in [1.54, 1.807) is 38.1 Å². The second-order valence-electron chi connectivity index (χ2n) is 5.76. The van der Waals surface area contributed by atoms with Crippen LogP contribution >= 0.6 is 0 Å². The fourth-order valence-electron chi connectivity index (χ4n) is 2.61. The Hall–Kier alpha value is -3.09. The van der Waals surface area contributed by atoms with Gasteiger partial charge in [0, 0.05) is 23.5 Å². The van der Waals surface area contributed by atoms with Gasteiger partial charge < -0.3 is 20.4 Å². The number of carbonyl (C=O) groups excluding carboxylic acids is 3. The highest BCUT2D eigenvalue weighted by Crippen LogP contribution is 2.22. The topological polar surface area (TPSA) is 100 Å². The Balaban J connectivity index is 2.19. The minimum absolute atomic E-state index is 0.0776. The van der Waals surface area contributed by atoms with Crippen LogP contribution in [-0.4, -0.2) is 29.9 Å². The van der Waals surface area contributed by atoms with E-state index in [1.807, 2.05) is 6.92 Å².